The van der Waals surface area contributed by atoms with Gasteiger partial charge < -0.3 is 0 Å². The van der Waals surface area contributed by atoms with E-state index >= 15 is 0 Å². The predicted molar refractivity (Wildman–Crippen MR) is 69.5 cm³/mol. The van der Waals surface area contributed by atoms with Gasteiger partial charge in [0.2, 0.25) is 0 Å². The first-order valence-corrected chi connectivity index (χ1v) is 5.35. The van der Waals surface area contributed by atoms with Crippen molar-refractivity contribution in [2.24, 2.45) is 4.99 Å². The fourth-order valence-corrected chi connectivity index (χ4v) is 1.37. The van der Waals surface area contributed by atoms with Crippen LogP contribution in [0.5, 0.6) is 0 Å². The molecule has 0 atom stereocenters. The predicted octanol–water partition coefficient (Wildman–Crippen LogP) is 3.92. The van der Waals surface area contributed by atoms with Crippen LogP contribution >= 0.6 is 0 Å². The highest BCUT2D eigenvalue weighted by Crippen LogP contribution is 2.04. The van der Waals surface area contributed by atoms with Gasteiger partial charge in [-0.05, 0) is 29.3 Å². The summed E-state index contributed by atoms with van der Waals surface area (Å²) in [5.74, 6) is -0.227. The molecule has 2 aromatic rings. The van der Waals surface area contributed by atoms with Gasteiger partial charge in [-0.25, -0.2) is 4.39 Å². The van der Waals surface area contributed by atoms with Gasteiger partial charge >= 0.3 is 0 Å². The van der Waals surface area contributed by atoms with Gasteiger partial charge in [-0.3, -0.25) is 4.99 Å². The molecule has 0 bridgehead atoms. The van der Waals surface area contributed by atoms with Crippen LogP contribution in [0.2, 0.25) is 0 Å². The lowest BCUT2D eigenvalue weighted by molar-refractivity contribution is 0.628. The smallest absolute Gasteiger partial charge is 0.123 e. The lowest BCUT2D eigenvalue weighted by Gasteiger charge is -1.91. The summed E-state index contributed by atoms with van der Waals surface area (Å²) < 4.78 is 12.6. The summed E-state index contributed by atoms with van der Waals surface area (Å²) in [6.45, 7) is 0. The van der Waals surface area contributed by atoms with Gasteiger partial charge in [-0.15, -0.1) is 0 Å². The zero-order valence-electron chi connectivity index (χ0n) is 9.25. The molecule has 2 rings (SSSR count). The number of halogens is 1. The van der Waals surface area contributed by atoms with Crippen molar-refractivity contribution in [2.45, 2.75) is 0 Å². The van der Waals surface area contributed by atoms with Crippen LogP contribution in [0.4, 0.5) is 4.39 Å². The molecular formula is C15H12FN. The van der Waals surface area contributed by atoms with Gasteiger partial charge in [0.05, 0.1) is 0 Å². The number of hydrogen-bond acceptors (Lipinski definition) is 1. The molecule has 0 radical (unpaired) electrons. The van der Waals surface area contributed by atoms with Gasteiger partial charge in [0.1, 0.15) is 5.82 Å². The molecule has 84 valence electrons. The molecule has 0 spiro atoms. The molecular weight excluding hydrogens is 213 g/mol. The van der Waals surface area contributed by atoms with Crippen LogP contribution < -0.4 is 0 Å². The summed E-state index contributed by atoms with van der Waals surface area (Å²) in [6.07, 6.45) is 5.30. The van der Waals surface area contributed by atoms with E-state index in [1.165, 1.54) is 12.1 Å². The number of aliphatic imine (C=N–C) groups is 1. The maximum Gasteiger partial charge on any atom is 0.123 e. The fourth-order valence-electron chi connectivity index (χ4n) is 1.37. The molecule has 0 saturated heterocycles. The van der Waals surface area contributed by atoms with Crippen molar-refractivity contribution in [2.75, 3.05) is 0 Å². The summed E-state index contributed by atoms with van der Waals surface area (Å²) in [5.41, 5.74) is 1.98. The number of rotatable bonds is 3. The molecule has 1 nitrogen and oxygen atoms in total. The van der Waals surface area contributed by atoms with Gasteiger partial charge in [0.25, 0.3) is 0 Å². The third kappa shape index (κ3) is 3.68. The summed E-state index contributed by atoms with van der Waals surface area (Å²) in [7, 11) is 0. The Kier molecular flexibility index (Phi) is 3.81. The molecule has 2 aromatic carbocycles. The molecule has 0 aliphatic rings. The van der Waals surface area contributed by atoms with Crippen LogP contribution in [0.1, 0.15) is 11.1 Å². The second-order valence-electron chi connectivity index (χ2n) is 3.56. The topological polar surface area (TPSA) is 12.4 Å². The Balaban J connectivity index is 1.98. The normalized spacial score (nSPS) is 11.4. The van der Waals surface area contributed by atoms with Crippen LogP contribution in [0.3, 0.4) is 0 Å². The van der Waals surface area contributed by atoms with E-state index in [0.717, 1.165) is 11.1 Å². The first-order chi connectivity index (χ1) is 8.34. The van der Waals surface area contributed by atoms with E-state index in [2.05, 4.69) is 4.99 Å². The molecule has 0 N–H and O–H groups in total. The zero-order valence-corrected chi connectivity index (χ0v) is 9.25. The molecule has 0 amide bonds. The van der Waals surface area contributed by atoms with Crippen molar-refractivity contribution >= 4 is 12.3 Å². The van der Waals surface area contributed by atoms with Gasteiger partial charge in [-0.2, -0.15) is 0 Å². The van der Waals surface area contributed by atoms with Crippen LogP contribution in [0.25, 0.3) is 6.08 Å². The average Bonchev–Trinajstić information content (AvgIpc) is 2.38. The third-order valence-electron chi connectivity index (χ3n) is 2.25. The molecule has 17 heavy (non-hydrogen) atoms. The molecule has 0 aliphatic carbocycles. The second kappa shape index (κ2) is 5.75. The largest absolute Gasteiger partial charge is 0.264 e. The van der Waals surface area contributed by atoms with Crippen LogP contribution in [0.15, 0.2) is 65.8 Å². The van der Waals surface area contributed by atoms with Crippen molar-refractivity contribution in [1.29, 1.82) is 0 Å². The van der Waals surface area contributed by atoms with Crippen molar-refractivity contribution in [3.8, 4) is 0 Å². The maximum atomic E-state index is 12.6. The minimum atomic E-state index is -0.227. The minimum absolute atomic E-state index is 0.227. The zero-order chi connectivity index (χ0) is 11.9. The molecule has 2 heteroatoms. The van der Waals surface area contributed by atoms with Gasteiger partial charge in [0.15, 0.2) is 0 Å². The maximum absolute atomic E-state index is 12.6. The number of hydrogen-bond donors (Lipinski definition) is 0. The summed E-state index contributed by atoms with van der Waals surface area (Å²) in [6, 6.07) is 16.1. The minimum Gasteiger partial charge on any atom is -0.264 e. The first kappa shape index (κ1) is 11.3. The van der Waals surface area contributed by atoms with Gasteiger partial charge in [0, 0.05) is 12.4 Å². The number of nitrogens with zero attached hydrogens (tertiary/aromatic N) is 1. The van der Waals surface area contributed by atoms with E-state index in [1.807, 2.05) is 36.4 Å². The van der Waals surface area contributed by atoms with E-state index in [0.29, 0.717) is 0 Å². The van der Waals surface area contributed by atoms with Gasteiger partial charge in [-0.1, -0.05) is 42.5 Å². The molecule has 0 fully saturated rings. The molecule has 0 unspecified atom stereocenters. The standard InChI is InChI=1S/C15H12FN/c16-15-8-6-13(7-9-15)10-11-17-12-14-4-2-1-3-5-14/h1-12H/b11-10+,17-12?. The lowest BCUT2D eigenvalue weighted by Crippen LogP contribution is -1.77. The Labute approximate surface area is 100.0 Å². The highest BCUT2D eigenvalue weighted by molar-refractivity contribution is 5.80. The highest BCUT2D eigenvalue weighted by Gasteiger charge is 1.87. The van der Waals surface area contributed by atoms with E-state index in [4.69, 9.17) is 0 Å². The van der Waals surface area contributed by atoms with Crippen LogP contribution in [-0.2, 0) is 0 Å². The fraction of sp³-hybridized carbons (Fsp3) is 0. The van der Waals surface area contributed by atoms with Crippen LogP contribution in [0, 0.1) is 5.82 Å². The molecule has 0 saturated carbocycles. The first-order valence-electron chi connectivity index (χ1n) is 5.35. The van der Waals surface area contributed by atoms with Crippen molar-refractivity contribution in [3.63, 3.8) is 0 Å². The lowest BCUT2D eigenvalue weighted by atomic mass is 10.2. The molecule has 0 aromatic heterocycles. The monoisotopic (exact) mass is 225 g/mol. The second-order valence-corrected chi connectivity index (χ2v) is 3.56. The van der Waals surface area contributed by atoms with Crippen molar-refractivity contribution in [1.82, 2.24) is 0 Å². The number of benzene rings is 2. The average molecular weight is 225 g/mol. The molecule has 0 aliphatic heterocycles. The Morgan fingerprint density at radius 1 is 0.824 bits per heavy atom. The van der Waals surface area contributed by atoms with E-state index < -0.39 is 0 Å². The Bertz CT molecular complexity index is 512. The summed E-state index contributed by atoms with van der Waals surface area (Å²) in [4.78, 5) is 4.16. The summed E-state index contributed by atoms with van der Waals surface area (Å²) in [5, 5.41) is 0. The van der Waals surface area contributed by atoms with E-state index in [1.54, 1.807) is 24.5 Å². The Morgan fingerprint density at radius 3 is 2.24 bits per heavy atom. The Morgan fingerprint density at radius 2 is 1.53 bits per heavy atom. The van der Waals surface area contributed by atoms with Crippen LogP contribution in [-0.4, -0.2) is 6.21 Å². The van der Waals surface area contributed by atoms with Crippen molar-refractivity contribution in [3.05, 3.63) is 77.7 Å². The van der Waals surface area contributed by atoms with E-state index in [-0.39, 0.29) is 5.82 Å². The quantitative estimate of drug-likeness (QED) is 0.702. The highest BCUT2D eigenvalue weighted by atomic mass is 19.1. The van der Waals surface area contributed by atoms with Crippen molar-refractivity contribution < 1.29 is 4.39 Å². The SMILES string of the molecule is Fc1ccc(/C=C/N=Cc2ccccc2)cc1. The van der Waals surface area contributed by atoms with E-state index in [9.17, 15) is 4.39 Å². The summed E-state index contributed by atoms with van der Waals surface area (Å²) >= 11 is 0. The Hall–Kier alpha value is -2.22. The molecule has 0 heterocycles. The third-order valence-corrected chi connectivity index (χ3v) is 2.25.